The van der Waals surface area contributed by atoms with Gasteiger partial charge in [0.2, 0.25) is 0 Å². The molecule has 0 radical (unpaired) electrons. The van der Waals surface area contributed by atoms with Gasteiger partial charge in [-0.25, -0.2) is 4.98 Å². The Bertz CT molecular complexity index is 240. The lowest BCUT2D eigenvalue weighted by Gasteiger charge is -2.21. The SMILES string of the molecule is c1csc(CNCC2CCCCC2)n1. The van der Waals surface area contributed by atoms with Gasteiger partial charge in [-0.05, 0) is 25.3 Å². The number of aromatic nitrogens is 1. The van der Waals surface area contributed by atoms with E-state index in [4.69, 9.17) is 0 Å². The van der Waals surface area contributed by atoms with Gasteiger partial charge in [0.25, 0.3) is 0 Å². The quantitative estimate of drug-likeness (QED) is 0.826. The third kappa shape index (κ3) is 3.07. The van der Waals surface area contributed by atoms with Crippen LogP contribution in [-0.4, -0.2) is 11.5 Å². The zero-order chi connectivity index (χ0) is 9.64. The van der Waals surface area contributed by atoms with Crippen LogP contribution >= 0.6 is 11.3 Å². The maximum absolute atomic E-state index is 4.25. The second kappa shape index (κ2) is 5.47. The molecule has 0 unspecified atom stereocenters. The average Bonchev–Trinajstić information content (AvgIpc) is 2.72. The molecule has 3 heteroatoms. The Balaban J connectivity index is 1.62. The Hall–Kier alpha value is -0.410. The molecule has 1 saturated carbocycles. The van der Waals surface area contributed by atoms with Crippen molar-refractivity contribution >= 4 is 11.3 Å². The molecule has 0 aliphatic heterocycles. The summed E-state index contributed by atoms with van der Waals surface area (Å²) in [6, 6.07) is 0. The van der Waals surface area contributed by atoms with Crippen molar-refractivity contribution < 1.29 is 0 Å². The van der Waals surface area contributed by atoms with E-state index in [2.05, 4.69) is 10.3 Å². The van der Waals surface area contributed by atoms with Gasteiger partial charge in [0, 0.05) is 18.1 Å². The molecular formula is C11H18N2S. The first kappa shape index (κ1) is 10.1. The molecule has 1 aliphatic rings. The molecule has 0 atom stereocenters. The van der Waals surface area contributed by atoms with E-state index >= 15 is 0 Å². The number of nitrogens with zero attached hydrogens (tertiary/aromatic N) is 1. The zero-order valence-corrected chi connectivity index (χ0v) is 9.35. The zero-order valence-electron chi connectivity index (χ0n) is 8.54. The molecule has 14 heavy (non-hydrogen) atoms. The van der Waals surface area contributed by atoms with Crippen molar-refractivity contribution in [3.63, 3.8) is 0 Å². The van der Waals surface area contributed by atoms with Gasteiger partial charge in [-0.2, -0.15) is 0 Å². The van der Waals surface area contributed by atoms with Crippen molar-refractivity contribution in [3.8, 4) is 0 Å². The molecule has 1 heterocycles. The largest absolute Gasteiger partial charge is 0.310 e. The Morgan fingerprint density at radius 3 is 2.93 bits per heavy atom. The molecular weight excluding hydrogens is 192 g/mol. The van der Waals surface area contributed by atoms with Crippen LogP contribution in [0.3, 0.4) is 0 Å². The van der Waals surface area contributed by atoms with Crippen molar-refractivity contribution in [1.82, 2.24) is 10.3 Å². The van der Waals surface area contributed by atoms with Gasteiger partial charge >= 0.3 is 0 Å². The fourth-order valence-corrected chi connectivity index (χ4v) is 2.70. The second-order valence-corrected chi connectivity index (χ2v) is 5.04. The summed E-state index contributed by atoms with van der Waals surface area (Å²) in [7, 11) is 0. The molecule has 1 N–H and O–H groups in total. The summed E-state index contributed by atoms with van der Waals surface area (Å²) in [4.78, 5) is 4.25. The first-order valence-corrected chi connectivity index (χ1v) is 6.42. The Labute approximate surface area is 89.8 Å². The maximum atomic E-state index is 4.25. The maximum Gasteiger partial charge on any atom is 0.106 e. The summed E-state index contributed by atoms with van der Waals surface area (Å²) >= 11 is 1.74. The van der Waals surface area contributed by atoms with Crippen molar-refractivity contribution in [2.24, 2.45) is 5.92 Å². The number of hydrogen-bond acceptors (Lipinski definition) is 3. The number of rotatable bonds is 4. The highest BCUT2D eigenvalue weighted by Gasteiger charge is 2.12. The van der Waals surface area contributed by atoms with E-state index in [0.717, 1.165) is 12.5 Å². The molecule has 0 amide bonds. The minimum atomic E-state index is 0.920. The van der Waals surface area contributed by atoms with E-state index in [1.54, 1.807) is 11.3 Å². The highest BCUT2D eigenvalue weighted by atomic mass is 32.1. The van der Waals surface area contributed by atoms with Crippen molar-refractivity contribution in [1.29, 1.82) is 0 Å². The predicted octanol–water partition coefficient (Wildman–Crippen LogP) is 2.81. The van der Waals surface area contributed by atoms with Crippen LogP contribution in [0.25, 0.3) is 0 Å². The molecule has 1 aromatic rings. The number of nitrogens with one attached hydrogen (secondary N) is 1. The molecule has 1 aromatic heterocycles. The molecule has 0 saturated heterocycles. The fourth-order valence-electron chi connectivity index (χ4n) is 2.11. The monoisotopic (exact) mass is 210 g/mol. The summed E-state index contributed by atoms with van der Waals surface area (Å²) in [5.41, 5.74) is 0. The van der Waals surface area contributed by atoms with Crippen molar-refractivity contribution in [2.75, 3.05) is 6.54 Å². The third-order valence-electron chi connectivity index (χ3n) is 2.92. The van der Waals surface area contributed by atoms with E-state index < -0.39 is 0 Å². The predicted molar refractivity (Wildman–Crippen MR) is 60.4 cm³/mol. The Morgan fingerprint density at radius 1 is 1.36 bits per heavy atom. The van der Waals surface area contributed by atoms with Gasteiger partial charge in [0.15, 0.2) is 0 Å². The summed E-state index contributed by atoms with van der Waals surface area (Å²) in [6.45, 7) is 2.13. The van der Waals surface area contributed by atoms with Crippen LogP contribution < -0.4 is 5.32 Å². The smallest absolute Gasteiger partial charge is 0.106 e. The second-order valence-electron chi connectivity index (χ2n) is 4.06. The number of thiazole rings is 1. The molecule has 0 bridgehead atoms. The normalized spacial score (nSPS) is 18.6. The van der Waals surface area contributed by atoms with Crippen molar-refractivity contribution in [3.05, 3.63) is 16.6 Å². The van der Waals surface area contributed by atoms with E-state index in [-0.39, 0.29) is 0 Å². The van der Waals surface area contributed by atoms with Gasteiger partial charge in [-0.3, -0.25) is 0 Å². The molecule has 1 aliphatic carbocycles. The molecule has 2 nitrogen and oxygen atoms in total. The van der Waals surface area contributed by atoms with Crippen LogP contribution in [0.2, 0.25) is 0 Å². The highest BCUT2D eigenvalue weighted by molar-refractivity contribution is 7.09. The van der Waals surface area contributed by atoms with Gasteiger partial charge in [0.05, 0.1) is 0 Å². The van der Waals surface area contributed by atoms with Gasteiger partial charge in [-0.1, -0.05) is 19.3 Å². The number of hydrogen-bond donors (Lipinski definition) is 1. The Morgan fingerprint density at radius 2 is 2.21 bits per heavy atom. The van der Waals surface area contributed by atoms with Gasteiger partial charge in [0.1, 0.15) is 5.01 Å². The van der Waals surface area contributed by atoms with E-state index in [1.165, 1.54) is 43.7 Å². The standard InChI is InChI=1S/C11H18N2S/c1-2-4-10(5-3-1)8-12-9-11-13-6-7-14-11/h6-7,10,12H,1-5,8-9H2. The Kier molecular flexibility index (Phi) is 3.95. The van der Waals surface area contributed by atoms with E-state index in [1.807, 2.05) is 11.6 Å². The average molecular weight is 210 g/mol. The first-order valence-electron chi connectivity index (χ1n) is 5.54. The molecule has 78 valence electrons. The van der Waals surface area contributed by atoms with E-state index in [0.29, 0.717) is 0 Å². The third-order valence-corrected chi connectivity index (χ3v) is 3.70. The molecule has 2 rings (SSSR count). The van der Waals surface area contributed by atoms with Gasteiger partial charge in [-0.15, -0.1) is 11.3 Å². The van der Waals surface area contributed by atoms with Crippen LogP contribution in [0.4, 0.5) is 0 Å². The topological polar surface area (TPSA) is 24.9 Å². The highest BCUT2D eigenvalue weighted by Crippen LogP contribution is 2.22. The minimum Gasteiger partial charge on any atom is -0.310 e. The van der Waals surface area contributed by atoms with Crippen LogP contribution in [-0.2, 0) is 6.54 Å². The molecule has 0 aromatic carbocycles. The van der Waals surface area contributed by atoms with Crippen LogP contribution in [0.15, 0.2) is 11.6 Å². The van der Waals surface area contributed by atoms with Crippen molar-refractivity contribution in [2.45, 2.75) is 38.6 Å². The minimum absolute atomic E-state index is 0.920. The molecule has 1 fully saturated rings. The molecule has 0 spiro atoms. The van der Waals surface area contributed by atoms with Crippen LogP contribution in [0, 0.1) is 5.92 Å². The first-order chi connectivity index (χ1) is 6.95. The van der Waals surface area contributed by atoms with Gasteiger partial charge < -0.3 is 5.32 Å². The lowest BCUT2D eigenvalue weighted by molar-refractivity contribution is 0.342. The summed E-state index contributed by atoms with van der Waals surface area (Å²) in [5.74, 6) is 0.920. The summed E-state index contributed by atoms with van der Waals surface area (Å²) < 4.78 is 0. The summed E-state index contributed by atoms with van der Waals surface area (Å²) in [6.07, 6.45) is 9.04. The van der Waals surface area contributed by atoms with E-state index in [9.17, 15) is 0 Å². The lowest BCUT2D eigenvalue weighted by Crippen LogP contribution is -2.23. The fraction of sp³-hybridized carbons (Fsp3) is 0.727. The summed E-state index contributed by atoms with van der Waals surface area (Å²) in [5, 5.41) is 6.75. The van der Waals surface area contributed by atoms with Crippen LogP contribution in [0.1, 0.15) is 37.1 Å². The van der Waals surface area contributed by atoms with Crippen LogP contribution in [0.5, 0.6) is 0 Å². The lowest BCUT2D eigenvalue weighted by atomic mass is 9.89.